The second-order valence-corrected chi connectivity index (χ2v) is 32.5. The minimum atomic E-state index is 0.595. The Hall–Kier alpha value is -19.0. The molecule has 0 saturated heterocycles. The van der Waals surface area contributed by atoms with Crippen molar-refractivity contribution in [1.29, 1.82) is 0 Å². The summed E-state index contributed by atoms with van der Waals surface area (Å²) in [6.07, 6.45) is 10.8. The van der Waals surface area contributed by atoms with Gasteiger partial charge in [-0.1, -0.05) is 431 Å². The molecule has 0 atom stereocenters. The minimum Gasteiger partial charge on any atom is -0.265 e. The number of hydrogen-bond donors (Lipinski definition) is 0. The third-order valence-electron chi connectivity index (χ3n) is 23.5. The largest absolute Gasteiger partial charge is 0.265 e. The van der Waals surface area contributed by atoms with E-state index in [0.717, 1.165) is 185 Å². The van der Waals surface area contributed by atoms with Crippen molar-refractivity contribution in [3.05, 3.63) is 504 Å². The van der Waals surface area contributed by atoms with E-state index in [2.05, 4.69) is 173 Å². The molecular formula is C123H83N15. The first-order chi connectivity index (χ1) is 68.4. The SMILES string of the molecule is c1ccc(-c2nc(-c3ccccc3)c(-c3ccc(-c4ccc(-c5ccncc5)cc4)cc3)nc2-c2ccccc2)cc1.c1ccc(-c2nc(-c3ccccc3)nc(-c3ccc(-c4nc(-c5ccccc5)c(-c5ccccc5)nc4-c4cccnc4)cc3)n2)cc1.c1ccc(-c2nc(-c3ccccc3)nc(-c3ccc(-c4nc(-c5ccccc5)c(-c5ccccc5)nc4-c4ccncc4)cc3)n2)cc1. The maximum atomic E-state index is 5.35. The first kappa shape index (κ1) is 85.8. The second-order valence-electron chi connectivity index (χ2n) is 32.5. The molecule has 0 N–H and O–H groups in total. The Kier molecular flexibility index (Phi) is 25.4. The molecule has 15 heteroatoms. The van der Waals surface area contributed by atoms with Gasteiger partial charge in [0.1, 0.15) is 0 Å². The molecule has 23 rings (SSSR count). The van der Waals surface area contributed by atoms with E-state index in [9.17, 15) is 0 Å². The molecule has 650 valence electrons. The summed E-state index contributed by atoms with van der Waals surface area (Å²) < 4.78 is 0. The number of aromatic nitrogens is 15. The van der Waals surface area contributed by atoms with Crippen molar-refractivity contribution in [2.24, 2.45) is 0 Å². The lowest BCUT2D eigenvalue weighted by Crippen LogP contribution is -2.01. The Morgan fingerprint density at radius 3 is 0.420 bits per heavy atom. The van der Waals surface area contributed by atoms with Gasteiger partial charge in [-0.25, -0.2) is 59.8 Å². The molecule has 138 heavy (non-hydrogen) atoms. The Balaban J connectivity index is 0.000000124. The zero-order chi connectivity index (χ0) is 92.4. The molecule has 23 aromatic rings. The predicted molar refractivity (Wildman–Crippen MR) is 555 cm³/mol. The summed E-state index contributed by atoms with van der Waals surface area (Å²) >= 11 is 0. The molecular weight excluding hydrogens is 1690 g/mol. The van der Waals surface area contributed by atoms with Crippen molar-refractivity contribution in [2.45, 2.75) is 0 Å². The lowest BCUT2D eigenvalue weighted by atomic mass is 9.97. The summed E-state index contributed by atoms with van der Waals surface area (Å²) in [4.78, 5) is 74.1. The van der Waals surface area contributed by atoms with Crippen molar-refractivity contribution in [3.8, 4) is 226 Å². The third kappa shape index (κ3) is 19.4. The van der Waals surface area contributed by atoms with Gasteiger partial charge in [0.25, 0.3) is 0 Å². The van der Waals surface area contributed by atoms with Crippen molar-refractivity contribution in [2.75, 3.05) is 0 Å². The number of rotatable bonds is 20. The standard InChI is InChI=1S/2C42H28N6.C39H27N3/c1-5-14-29(15-6-1)36-37(30-16-7-2-8-17-30)45-39(35-22-13-27-43-28-35)38(44-36)31-23-25-34(26-24-31)42-47-40(32-18-9-3-10-19-32)46-41(48-42)33-20-11-4-12-21-33;1-5-13-29(14-6-1)36-37(30-15-7-2-8-16-30)45-39(32-25-27-43-28-26-32)38(44-36)31-21-23-35(24-22-31)42-47-40(33-17-9-3-10-18-33)46-41(48-42)34-19-11-4-12-20-34;1-4-10-32(11-5-1)36-37(33-12-6-2-7-13-33)42-39(38(41-36)34-14-8-3-9-15-34)35-22-20-29(21-23-35)28-16-18-30(19-17-28)31-24-26-40-27-25-31/h2*1-28H;1-27H. The fraction of sp³-hybridized carbons (Fsp3) is 0. The van der Waals surface area contributed by atoms with Crippen LogP contribution in [0.1, 0.15) is 0 Å². The van der Waals surface area contributed by atoms with E-state index < -0.39 is 0 Å². The molecule has 8 heterocycles. The molecule has 0 unspecified atom stereocenters. The van der Waals surface area contributed by atoms with Gasteiger partial charge in [-0.15, -0.1) is 0 Å². The zero-order valence-corrected chi connectivity index (χ0v) is 74.6. The van der Waals surface area contributed by atoms with Crippen LogP contribution in [0.3, 0.4) is 0 Å². The Labute approximate surface area is 799 Å². The number of hydrogen-bond acceptors (Lipinski definition) is 15. The van der Waals surface area contributed by atoms with Crippen LogP contribution in [0.15, 0.2) is 504 Å². The lowest BCUT2D eigenvalue weighted by molar-refractivity contribution is 1.07. The average Bonchev–Trinajstić information content (AvgIpc) is 0.769. The molecule has 0 spiro atoms. The summed E-state index contributed by atoms with van der Waals surface area (Å²) in [5.41, 5.74) is 31.7. The summed E-state index contributed by atoms with van der Waals surface area (Å²) in [5, 5.41) is 0. The smallest absolute Gasteiger partial charge is 0.164 e. The number of benzene rings is 15. The molecule has 0 amide bonds. The Bertz CT molecular complexity index is 7590. The van der Waals surface area contributed by atoms with Crippen LogP contribution in [-0.2, 0) is 0 Å². The molecule has 0 bridgehead atoms. The van der Waals surface area contributed by atoms with Gasteiger partial charge in [0.2, 0.25) is 0 Å². The Morgan fingerprint density at radius 1 is 0.0870 bits per heavy atom. The van der Waals surface area contributed by atoms with Crippen LogP contribution >= 0.6 is 0 Å². The molecule has 15 aromatic carbocycles. The average molecular weight is 1770 g/mol. The van der Waals surface area contributed by atoms with E-state index in [1.807, 2.05) is 328 Å². The number of nitrogens with zero attached hydrogens (tertiary/aromatic N) is 15. The normalized spacial score (nSPS) is 10.9. The van der Waals surface area contributed by atoms with Gasteiger partial charge in [0.15, 0.2) is 34.9 Å². The molecule has 8 aromatic heterocycles. The van der Waals surface area contributed by atoms with Gasteiger partial charge in [0.05, 0.1) is 68.3 Å². The topological polar surface area (TPSA) is 193 Å². The fourth-order valence-corrected chi connectivity index (χ4v) is 16.6. The van der Waals surface area contributed by atoms with E-state index in [1.165, 1.54) is 5.56 Å². The van der Waals surface area contributed by atoms with Gasteiger partial charge in [-0.05, 0) is 58.7 Å². The molecule has 15 nitrogen and oxygen atoms in total. The fourth-order valence-electron chi connectivity index (χ4n) is 16.6. The van der Waals surface area contributed by atoms with Gasteiger partial charge in [-0.3, -0.25) is 15.0 Å². The first-order valence-electron chi connectivity index (χ1n) is 45.5. The monoisotopic (exact) mass is 1770 g/mol. The van der Waals surface area contributed by atoms with E-state index in [-0.39, 0.29) is 0 Å². The molecule has 0 aliphatic carbocycles. The van der Waals surface area contributed by atoms with Crippen LogP contribution in [0.25, 0.3) is 226 Å². The molecule has 0 aliphatic heterocycles. The zero-order valence-electron chi connectivity index (χ0n) is 74.6. The Morgan fingerprint density at radius 2 is 0.225 bits per heavy atom. The van der Waals surface area contributed by atoms with Crippen LogP contribution in [0.2, 0.25) is 0 Å². The third-order valence-corrected chi connectivity index (χ3v) is 23.5. The summed E-state index contributed by atoms with van der Waals surface area (Å²) in [5.74, 6) is 3.68. The van der Waals surface area contributed by atoms with Gasteiger partial charge >= 0.3 is 0 Å². The molecule has 0 fully saturated rings. The van der Waals surface area contributed by atoms with Crippen molar-refractivity contribution >= 4 is 0 Å². The lowest BCUT2D eigenvalue weighted by Gasteiger charge is -2.16. The highest BCUT2D eigenvalue weighted by atomic mass is 15.0. The van der Waals surface area contributed by atoms with Gasteiger partial charge in [0, 0.05) is 137 Å². The minimum absolute atomic E-state index is 0.595. The van der Waals surface area contributed by atoms with Crippen LogP contribution in [-0.4, -0.2) is 74.8 Å². The second kappa shape index (κ2) is 40.8. The number of pyridine rings is 3. The predicted octanol–water partition coefficient (Wildman–Crippen LogP) is 29.3. The van der Waals surface area contributed by atoms with E-state index in [4.69, 9.17) is 59.8 Å². The van der Waals surface area contributed by atoms with E-state index in [1.54, 1.807) is 18.6 Å². The van der Waals surface area contributed by atoms with Crippen molar-refractivity contribution in [3.63, 3.8) is 0 Å². The van der Waals surface area contributed by atoms with Gasteiger partial charge in [-0.2, -0.15) is 0 Å². The van der Waals surface area contributed by atoms with Crippen molar-refractivity contribution < 1.29 is 0 Å². The van der Waals surface area contributed by atoms with Crippen LogP contribution in [0.5, 0.6) is 0 Å². The summed E-state index contributed by atoms with van der Waals surface area (Å²) in [6.45, 7) is 0. The molecule has 0 aliphatic rings. The first-order valence-corrected chi connectivity index (χ1v) is 45.5. The van der Waals surface area contributed by atoms with Crippen molar-refractivity contribution in [1.82, 2.24) is 74.8 Å². The highest BCUT2D eigenvalue weighted by Crippen LogP contribution is 2.43. The molecule has 0 radical (unpaired) electrons. The maximum Gasteiger partial charge on any atom is 0.164 e. The summed E-state index contributed by atoms with van der Waals surface area (Å²) in [7, 11) is 0. The highest BCUT2D eigenvalue weighted by Gasteiger charge is 2.26. The maximum absolute atomic E-state index is 5.35. The highest BCUT2D eigenvalue weighted by molar-refractivity contribution is 5.91. The quantitative estimate of drug-likeness (QED) is 0.0699. The van der Waals surface area contributed by atoms with E-state index in [0.29, 0.717) is 34.9 Å². The van der Waals surface area contributed by atoms with Gasteiger partial charge < -0.3 is 0 Å². The van der Waals surface area contributed by atoms with Crippen LogP contribution < -0.4 is 0 Å². The summed E-state index contributed by atoms with van der Waals surface area (Å²) in [6, 6.07) is 157. The molecule has 0 saturated carbocycles. The van der Waals surface area contributed by atoms with Crippen LogP contribution in [0.4, 0.5) is 0 Å². The van der Waals surface area contributed by atoms with Crippen LogP contribution in [0, 0.1) is 0 Å². The van der Waals surface area contributed by atoms with E-state index >= 15 is 0 Å².